The van der Waals surface area contributed by atoms with Crippen LogP contribution >= 0.6 is 31.9 Å². The Morgan fingerprint density at radius 3 is 2.20 bits per heavy atom. The summed E-state index contributed by atoms with van der Waals surface area (Å²) in [5.74, 6) is -6.06. The predicted octanol–water partition coefficient (Wildman–Crippen LogP) is 5.00. The summed E-state index contributed by atoms with van der Waals surface area (Å²) in [7, 11) is 2.80. The Kier molecular flexibility index (Phi) is 7.35. The highest BCUT2D eigenvalue weighted by molar-refractivity contribution is 9.12. The number of aromatic hydroxyl groups is 1. The van der Waals surface area contributed by atoms with Crippen molar-refractivity contribution in [3.8, 4) is 5.75 Å². The Morgan fingerprint density at radius 1 is 0.956 bits per heavy atom. The number of carbonyl (C=O) groups excluding carboxylic acids is 4. The highest BCUT2D eigenvalue weighted by Gasteiger charge is 2.57. The van der Waals surface area contributed by atoms with E-state index in [-0.39, 0.29) is 45.6 Å². The van der Waals surface area contributed by atoms with E-state index in [1.54, 1.807) is 18.2 Å². The van der Waals surface area contributed by atoms with Crippen molar-refractivity contribution in [1.82, 2.24) is 0 Å². The van der Waals surface area contributed by atoms with Gasteiger partial charge in [-0.2, -0.15) is 0 Å². The molecule has 0 unspecified atom stereocenters. The number of ketones is 2. The molecule has 0 bridgehead atoms. The molecule has 15 heteroatoms. The normalized spacial score (nSPS) is 24.1. The molecule has 4 aliphatic rings. The third-order valence-electron chi connectivity index (χ3n) is 8.79. The number of nitrogens with zero attached hydrogens (tertiary/aromatic N) is 4. The SMILES string of the molecule is CN(C)c1c([N+](=O)[O-])cc(N2C(=O)[C@H]3[C@H](CC=C4[C@H](c5cc(Br)ccc5O)C5=C(C[C@H]43)C(=O)C(Br)=CC5=O)C2=O)cc1[N+](=O)[O-]. The molecule has 1 aliphatic heterocycles. The summed E-state index contributed by atoms with van der Waals surface area (Å²) in [4.78, 5) is 79.1. The molecule has 230 valence electrons. The van der Waals surface area contributed by atoms with Crippen molar-refractivity contribution < 1.29 is 34.1 Å². The van der Waals surface area contributed by atoms with Gasteiger partial charge in [-0.1, -0.05) is 27.6 Å². The average molecular weight is 742 g/mol. The second-order valence-corrected chi connectivity index (χ2v) is 13.1. The lowest BCUT2D eigenvalue weighted by Gasteiger charge is -2.42. The summed E-state index contributed by atoms with van der Waals surface area (Å²) in [6.45, 7) is 0. The van der Waals surface area contributed by atoms with Crippen LogP contribution in [-0.2, 0) is 19.2 Å². The van der Waals surface area contributed by atoms with Gasteiger partial charge >= 0.3 is 11.4 Å². The zero-order valence-corrected chi connectivity index (χ0v) is 26.7. The summed E-state index contributed by atoms with van der Waals surface area (Å²) in [6.07, 6.45) is 2.94. The number of allylic oxidation sites excluding steroid dienone is 6. The highest BCUT2D eigenvalue weighted by atomic mass is 79.9. The van der Waals surface area contributed by atoms with E-state index in [0.717, 1.165) is 17.0 Å². The van der Waals surface area contributed by atoms with Crippen LogP contribution in [0.4, 0.5) is 22.7 Å². The minimum Gasteiger partial charge on any atom is -0.508 e. The van der Waals surface area contributed by atoms with E-state index < -0.39 is 68.3 Å². The summed E-state index contributed by atoms with van der Waals surface area (Å²) >= 11 is 6.55. The van der Waals surface area contributed by atoms with Gasteiger partial charge < -0.3 is 10.0 Å². The molecule has 13 nitrogen and oxygen atoms in total. The maximum absolute atomic E-state index is 14.2. The number of Topliss-reactive ketones (excluding diaryl/α,β-unsaturated/α-hetero) is 1. The molecule has 1 fully saturated rings. The molecule has 6 rings (SSSR count). The maximum atomic E-state index is 14.2. The number of hydrogen-bond donors (Lipinski definition) is 1. The first-order valence-corrected chi connectivity index (χ1v) is 15.2. The standard InChI is InChI=1S/C30H22Br2N4O9/c1-33(2)27-20(35(42)43)8-13(9-21(27)36(44)45)34-29(40)15-5-4-14-16(25(15)30(34)41)10-18-26(23(38)11-19(32)28(18)39)24(14)17-7-12(31)3-6-22(17)37/h3-4,6-9,11,15-16,24-25,37H,5,10H2,1-2H3/t15-,16+,24+,25-/m0/s1. The maximum Gasteiger partial charge on any atom is 0.301 e. The van der Waals surface area contributed by atoms with Crippen molar-refractivity contribution in [2.45, 2.75) is 18.8 Å². The molecule has 4 atom stereocenters. The molecule has 0 spiro atoms. The third-order valence-corrected chi connectivity index (χ3v) is 9.87. The van der Waals surface area contributed by atoms with Crippen LogP contribution in [-0.4, -0.2) is 52.4 Å². The molecular formula is C30H22Br2N4O9. The van der Waals surface area contributed by atoms with Crippen molar-refractivity contribution in [3.63, 3.8) is 0 Å². The van der Waals surface area contributed by atoms with Gasteiger partial charge in [0.2, 0.25) is 11.8 Å². The van der Waals surface area contributed by atoms with Crippen molar-refractivity contribution in [2.75, 3.05) is 23.9 Å². The first kappa shape index (κ1) is 30.5. The second-order valence-electron chi connectivity index (χ2n) is 11.3. The Hall–Kier alpha value is -4.50. The fourth-order valence-corrected chi connectivity index (χ4v) is 7.85. The number of hydrogen-bond acceptors (Lipinski definition) is 10. The number of rotatable bonds is 5. The number of carbonyl (C=O) groups is 4. The number of phenols is 1. The van der Waals surface area contributed by atoms with Crippen molar-refractivity contribution in [1.29, 1.82) is 0 Å². The van der Waals surface area contributed by atoms with Crippen LogP contribution in [0.1, 0.15) is 24.3 Å². The van der Waals surface area contributed by atoms with E-state index in [2.05, 4.69) is 31.9 Å². The van der Waals surface area contributed by atoms with Crippen LogP contribution in [0.15, 0.2) is 68.2 Å². The van der Waals surface area contributed by atoms with Gasteiger partial charge in [-0.05, 0) is 52.9 Å². The summed E-state index contributed by atoms with van der Waals surface area (Å²) in [6, 6.07) is 6.63. The lowest BCUT2D eigenvalue weighted by atomic mass is 9.59. The van der Waals surface area contributed by atoms with Gasteiger partial charge in [0, 0.05) is 59.4 Å². The number of amides is 2. The summed E-state index contributed by atoms with van der Waals surface area (Å²) in [5, 5.41) is 34.9. The Bertz CT molecular complexity index is 1860. The molecule has 1 N–H and O–H groups in total. The molecule has 1 saturated heterocycles. The molecule has 2 aromatic carbocycles. The van der Waals surface area contributed by atoms with Gasteiger partial charge in [0.15, 0.2) is 17.3 Å². The lowest BCUT2D eigenvalue weighted by Crippen LogP contribution is -2.39. The van der Waals surface area contributed by atoms with E-state index >= 15 is 0 Å². The van der Waals surface area contributed by atoms with E-state index in [1.807, 2.05) is 0 Å². The van der Waals surface area contributed by atoms with E-state index in [1.165, 1.54) is 31.1 Å². The molecule has 3 aliphatic carbocycles. The van der Waals surface area contributed by atoms with Crippen LogP contribution in [0.5, 0.6) is 5.75 Å². The topological polar surface area (TPSA) is 181 Å². The molecule has 0 saturated carbocycles. The van der Waals surface area contributed by atoms with Crippen molar-refractivity contribution in [2.24, 2.45) is 17.8 Å². The number of phenolic OH excluding ortho intramolecular Hbond substituents is 1. The quantitative estimate of drug-likeness (QED) is 0.144. The summed E-state index contributed by atoms with van der Waals surface area (Å²) in [5.41, 5.74) is -0.665. The van der Waals surface area contributed by atoms with Gasteiger partial charge in [-0.3, -0.25) is 39.4 Å². The predicted molar refractivity (Wildman–Crippen MR) is 167 cm³/mol. The highest BCUT2D eigenvalue weighted by Crippen LogP contribution is 2.57. The fraction of sp³-hybridized carbons (Fsp3) is 0.267. The minimum atomic E-state index is -1.04. The first-order chi connectivity index (χ1) is 21.2. The Labute approximate surface area is 271 Å². The van der Waals surface area contributed by atoms with Crippen LogP contribution in [0, 0.1) is 38.0 Å². The zero-order chi connectivity index (χ0) is 32.6. The molecule has 2 amide bonds. The van der Waals surface area contributed by atoms with E-state index in [0.29, 0.717) is 15.6 Å². The van der Waals surface area contributed by atoms with Crippen LogP contribution < -0.4 is 9.80 Å². The largest absolute Gasteiger partial charge is 0.508 e. The number of nitro benzene ring substituents is 2. The smallest absolute Gasteiger partial charge is 0.301 e. The van der Waals surface area contributed by atoms with Gasteiger partial charge in [-0.15, -0.1) is 0 Å². The molecule has 45 heavy (non-hydrogen) atoms. The molecule has 2 aromatic rings. The number of anilines is 2. The number of benzene rings is 2. The Morgan fingerprint density at radius 2 is 1.60 bits per heavy atom. The van der Waals surface area contributed by atoms with Crippen LogP contribution in [0.2, 0.25) is 0 Å². The van der Waals surface area contributed by atoms with Crippen molar-refractivity contribution >= 4 is 78.0 Å². The number of halogens is 2. The molecule has 0 aromatic heterocycles. The summed E-state index contributed by atoms with van der Waals surface area (Å²) < 4.78 is 0.641. The van der Waals surface area contributed by atoms with Crippen LogP contribution in [0.25, 0.3) is 0 Å². The second kappa shape index (κ2) is 10.8. The third kappa shape index (κ3) is 4.63. The monoisotopic (exact) mass is 740 g/mol. The van der Waals surface area contributed by atoms with Gasteiger partial charge in [0.05, 0.1) is 31.9 Å². The molecule has 1 heterocycles. The first-order valence-electron chi connectivity index (χ1n) is 13.6. The molecule has 0 radical (unpaired) electrons. The number of fused-ring (bicyclic) bond motifs is 3. The number of nitro groups is 2. The van der Waals surface area contributed by atoms with E-state index in [4.69, 9.17) is 0 Å². The average Bonchev–Trinajstić information content (AvgIpc) is 3.24. The van der Waals surface area contributed by atoms with E-state index in [9.17, 15) is 44.5 Å². The molecular weight excluding hydrogens is 720 g/mol. The Balaban J connectivity index is 1.50. The lowest BCUT2D eigenvalue weighted by molar-refractivity contribution is -0.392. The van der Waals surface area contributed by atoms with Crippen LogP contribution in [0.3, 0.4) is 0 Å². The van der Waals surface area contributed by atoms with Gasteiger partial charge in [0.1, 0.15) is 5.75 Å². The minimum absolute atomic E-state index is 0.0410. The van der Waals surface area contributed by atoms with Gasteiger partial charge in [-0.25, -0.2) is 4.90 Å². The fourth-order valence-electron chi connectivity index (χ4n) is 7.03. The number of imide groups is 1. The zero-order valence-electron chi connectivity index (χ0n) is 23.5. The van der Waals surface area contributed by atoms with Crippen molar-refractivity contribution in [3.05, 3.63) is 94.0 Å². The van der Waals surface area contributed by atoms with Gasteiger partial charge in [0.25, 0.3) is 0 Å².